The molecule has 2 heterocycles. The predicted octanol–water partition coefficient (Wildman–Crippen LogP) is 2.30. The van der Waals surface area contributed by atoms with Gasteiger partial charge in [0.15, 0.2) is 0 Å². The molecule has 2 aromatic rings. The van der Waals surface area contributed by atoms with Gasteiger partial charge in [-0.05, 0) is 37.1 Å². The van der Waals surface area contributed by atoms with Crippen molar-refractivity contribution in [1.29, 1.82) is 0 Å². The minimum atomic E-state index is -3.52. The van der Waals surface area contributed by atoms with Gasteiger partial charge < -0.3 is 9.32 Å². The summed E-state index contributed by atoms with van der Waals surface area (Å²) in [5, 5.41) is 0. The summed E-state index contributed by atoms with van der Waals surface area (Å²) in [7, 11) is -3.52. The zero-order valence-electron chi connectivity index (χ0n) is 14.4. The number of piperazine rings is 1. The number of rotatable bonds is 4. The van der Waals surface area contributed by atoms with Gasteiger partial charge in [-0.2, -0.15) is 4.31 Å². The average Bonchev–Trinajstić information content (AvgIpc) is 3.07. The first-order chi connectivity index (χ1) is 11.9. The van der Waals surface area contributed by atoms with Crippen LogP contribution in [0.3, 0.4) is 0 Å². The van der Waals surface area contributed by atoms with Crippen LogP contribution in [0.25, 0.3) is 0 Å². The molecule has 1 aliphatic heterocycles. The molecule has 0 aliphatic carbocycles. The lowest BCUT2D eigenvalue weighted by Gasteiger charge is -2.34. The summed E-state index contributed by atoms with van der Waals surface area (Å²) in [5.74, 6) is 0.465. The second kappa shape index (κ2) is 7.01. The first-order valence-corrected chi connectivity index (χ1v) is 9.80. The molecule has 0 unspecified atom stereocenters. The summed E-state index contributed by atoms with van der Waals surface area (Å²) in [5.41, 5.74) is 1.64. The molecule has 25 heavy (non-hydrogen) atoms. The molecule has 3 rings (SSSR count). The van der Waals surface area contributed by atoms with Crippen molar-refractivity contribution in [1.82, 2.24) is 9.21 Å². The molecule has 1 fully saturated rings. The normalized spacial score (nSPS) is 16.2. The van der Waals surface area contributed by atoms with E-state index < -0.39 is 10.0 Å². The molecule has 0 spiro atoms. The number of nitrogens with zero attached hydrogens (tertiary/aromatic N) is 2. The van der Waals surface area contributed by atoms with Crippen LogP contribution in [-0.2, 0) is 16.4 Å². The van der Waals surface area contributed by atoms with Crippen LogP contribution in [0.15, 0.2) is 45.9 Å². The van der Waals surface area contributed by atoms with Crippen molar-refractivity contribution in [2.24, 2.45) is 0 Å². The Labute approximate surface area is 148 Å². The third-order valence-corrected chi connectivity index (χ3v) is 6.50. The van der Waals surface area contributed by atoms with E-state index in [4.69, 9.17) is 4.42 Å². The van der Waals surface area contributed by atoms with Crippen LogP contribution in [-0.4, -0.2) is 49.7 Å². The van der Waals surface area contributed by atoms with Gasteiger partial charge >= 0.3 is 0 Å². The summed E-state index contributed by atoms with van der Waals surface area (Å²) in [4.78, 5) is 14.4. The van der Waals surface area contributed by atoms with E-state index in [-0.39, 0.29) is 5.91 Å². The van der Waals surface area contributed by atoms with Gasteiger partial charge in [0.05, 0.1) is 16.7 Å². The van der Waals surface area contributed by atoms with Gasteiger partial charge in [0.2, 0.25) is 10.0 Å². The molecule has 7 heteroatoms. The third-order valence-electron chi connectivity index (χ3n) is 4.58. The summed E-state index contributed by atoms with van der Waals surface area (Å²) in [6, 6.07) is 8.64. The van der Waals surface area contributed by atoms with E-state index in [1.54, 1.807) is 30.0 Å². The molecule has 1 saturated heterocycles. The Kier molecular flexibility index (Phi) is 4.96. The molecule has 1 aliphatic rings. The fourth-order valence-electron chi connectivity index (χ4n) is 2.95. The lowest BCUT2D eigenvalue weighted by molar-refractivity contribution is 0.0696. The van der Waals surface area contributed by atoms with Crippen LogP contribution in [0, 0.1) is 6.92 Å². The van der Waals surface area contributed by atoms with E-state index in [0.717, 1.165) is 12.0 Å². The summed E-state index contributed by atoms with van der Waals surface area (Å²) < 4.78 is 32.1. The number of hydrogen-bond donors (Lipinski definition) is 0. The van der Waals surface area contributed by atoms with Crippen molar-refractivity contribution in [2.45, 2.75) is 25.2 Å². The maximum Gasteiger partial charge on any atom is 0.257 e. The molecule has 1 amide bonds. The van der Waals surface area contributed by atoms with E-state index in [0.29, 0.717) is 42.4 Å². The maximum absolute atomic E-state index is 12.8. The van der Waals surface area contributed by atoms with E-state index in [1.807, 2.05) is 19.1 Å². The average molecular weight is 362 g/mol. The second-order valence-corrected chi connectivity index (χ2v) is 8.02. The number of carbonyl (C=O) groups is 1. The molecule has 6 nitrogen and oxygen atoms in total. The van der Waals surface area contributed by atoms with Crippen LogP contribution in [0.5, 0.6) is 0 Å². The number of aryl methyl sites for hydroxylation is 2. The van der Waals surface area contributed by atoms with Gasteiger partial charge in [-0.15, -0.1) is 0 Å². The van der Waals surface area contributed by atoms with Gasteiger partial charge in [-0.1, -0.05) is 19.1 Å². The largest absolute Gasteiger partial charge is 0.469 e. The van der Waals surface area contributed by atoms with Crippen molar-refractivity contribution >= 4 is 15.9 Å². The molecule has 0 N–H and O–H groups in total. The van der Waals surface area contributed by atoms with Gasteiger partial charge in [0.25, 0.3) is 5.91 Å². The zero-order chi connectivity index (χ0) is 18.0. The molecule has 1 aromatic heterocycles. The fraction of sp³-hybridized carbons (Fsp3) is 0.389. The summed E-state index contributed by atoms with van der Waals surface area (Å²) >= 11 is 0. The number of furan rings is 1. The fourth-order valence-corrected chi connectivity index (χ4v) is 4.38. The zero-order valence-corrected chi connectivity index (χ0v) is 15.3. The quantitative estimate of drug-likeness (QED) is 0.837. The Hall–Kier alpha value is -2.12. The molecule has 1 aromatic carbocycles. The molecule has 134 valence electrons. The van der Waals surface area contributed by atoms with Crippen LogP contribution in [0.1, 0.15) is 28.6 Å². The number of benzene rings is 1. The van der Waals surface area contributed by atoms with E-state index in [2.05, 4.69) is 0 Å². The highest BCUT2D eigenvalue weighted by atomic mass is 32.2. The van der Waals surface area contributed by atoms with Crippen LogP contribution in [0.2, 0.25) is 0 Å². The molecule has 0 saturated carbocycles. The predicted molar refractivity (Wildman–Crippen MR) is 93.9 cm³/mol. The Morgan fingerprint density at radius 2 is 1.72 bits per heavy atom. The first-order valence-electron chi connectivity index (χ1n) is 8.36. The minimum Gasteiger partial charge on any atom is -0.469 e. The lowest BCUT2D eigenvalue weighted by atomic mass is 10.2. The highest BCUT2D eigenvalue weighted by Gasteiger charge is 2.31. The van der Waals surface area contributed by atoms with Gasteiger partial charge in [-0.25, -0.2) is 8.42 Å². The SMILES string of the molecule is CCc1ccc(S(=O)(=O)N2CCN(C(=O)c3ccoc3C)CC2)cc1. The van der Waals surface area contributed by atoms with Crippen molar-refractivity contribution in [2.75, 3.05) is 26.2 Å². The number of amides is 1. The smallest absolute Gasteiger partial charge is 0.257 e. The van der Waals surface area contributed by atoms with E-state index >= 15 is 0 Å². The van der Waals surface area contributed by atoms with Crippen molar-refractivity contribution < 1.29 is 17.6 Å². The summed E-state index contributed by atoms with van der Waals surface area (Å²) in [6.07, 6.45) is 2.36. The molecule has 0 atom stereocenters. The van der Waals surface area contributed by atoms with Crippen LogP contribution in [0.4, 0.5) is 0 Å². The number of carbonyl (C=O) groups excluding carboxylic acids is 1. The second-order valence-electron chi connectivity index (χ2n) is 6.08. The highest BCUT2D eigenvalue weighted by Crippen LogP contribution is 2.20. The van der Waals surface area contributed by atoms with E-state index in [9.17, 15) is 13.2 Å². The molecule has 0 radical (unpaired) electrons. The molecular formula is C18H22N2O4S. The van der Waals surface area contributed by atoms with Gasteiger partial charge in [-0.3, -0.25) is 4.79 Å². The molecular weight excluding hydrogens is 340 g/mol. The van der Waals surface area contributed by atoms with Gasteiger partial charge in [0, 0.05) is 26.2 Å². The van der Waals surface area contributed by atoms with Crippen molar-refractivity contribution in [3.05, 3.63) is 53.5 Å². The first kappa shape index (κ1) is 17.7. The Morgan fingerprint density at radius 3 is 2.24 bits per heavy atom. The van der Waals surface area contributed by atoms with Crippen molar-refractivity contribution in [3.63, 3.8) is 0 Å². The highest BCUT2D eigenvalue weighted by molar-refractivity contribution is 7.89. The number of hydrogen-bond acceptors (Lipinski definition) is 4. The van der Waals surface area contributed by atoms with Crippen LogP contribution >= 0.6 is 0 Å². The van der Waals surface area contributed by atoms with Gasteiger partial charge in [0.1, 0.15) is 5.76 Å². The van der Waals surface area contributed by atoms with Crippen LogP contribution < -0.4 is 0 Å². The summed E-state index contributed by atoms with van der Waals surface area (Å²) in [6.45, 7) is 5.10. The minimum absolute atomic E-state index is 0.115. The Morgan fingerprint density at radius 1 is 1.08 bits per heavy atom. The lowest BCUT2D eigenvalue weighted by Crippen LogP contribution is -2.50. The third kappa shape index (κ3) is 3.48. The standard InChI is InChI=1S/C18H22N2O4S/c1-3-15-4-6-16(7-5-15)25(22,23)20-11-9-19(10-12-20)18(21)17-8-13-24-14(17)2/h4-8,13H,3,9-12H2,1-2H3. The van der Waals surface area contributed by atoms with Crippen molar-refractivity contribution in [3.8, 4) is 0 Å². The monoisotopic (exact) mass is 362 g/mol. The Balaban J connectivity index is 1.68. The van der Waals surface area contributed by atoms with E-state index in [1.165, 1.54) is 10.6 Å². The topological polar surface area (TPSA) is 70.8 Å². The molecule has 0 bridgehead atoms. The number of sulfonamides is 1. The maximum atomic E-state index is 12.8. The Bertz CT molecular complexity index is 847.